The van der Waals surface area contributed by atoms with Crippen molar-refractivity contribution < 1.29 is 114 Å². The van der Waals surface area contributed by atoms with Crippen LogP contribution < -0.4 is 52.6 Å². The topological polar surface area (TPSA) is 562 Å². The van der Waals surface area contributed by atoms with Gasteiger partial charge in [0.1, 0.15) is 70.8 Å². The van der Waals surface area contributed by atoms with Crippen LogP contribution in [0.25, 0.3) is 22.3 Å². The Labute approximate surface area is 861 Å². The highest BCUT2D eigenvalue weighted by atomic mass is 19.4. The van der Waals surface area contributed by atoms with Gasteiger partial charge >= 0.3 is 42.6 Å². The SMILES string of the molecule is C.C.C.CC(C)(C)OC(=O)n1c(Cn2cccc(N)c2=O)nc2c(Oc3ccccc3)ncnc21.COC(=O)N[C@@H](CC/C=C/C(=O)N(C)C)C(=O)Cc1cccn(CC2=Nc3c(ncnc3Oc3ccccc3)C2)c1=O.COC(=O)N[C@@H](CC/C=C/C(=O)N(C)C)C(=O)Cc1cccn(Cc2nc3c(Oc4ccccc4)ncnc3n2C(=O)OC(C)(C)C)c1=O.COC(=O)N[C@@H](CC/C=C/C(=O)N(C)C)C(=O)O.O=CC(F)(F)F. The third-order valence-electron chi connectivity index (χ3n) is 20.1. The second-order valence-corrected chi connectivity index (χ2v) is 34.3. The van der Waals surface area contributed by atoms with Crippen molar-refractivity contribution in [2.24, 2.45) is 4.99 Å². The Bertz CT molecular complexity index is 6810. The number of nitrogen functional groups attached to an aromatic ring is 1. The molecule has 48 heteroatoms. The molecule has 45 nitrogen and oxygen atoms in total. The van der Waals surface area contributed by atoms with Gasteiger partial charge in [-0.3, -0.25) is 43.2 Å². The Hall–Kier alpha value is -17.8. The van der Waals surface area contributed by atoms with Crippen LogP contribution in [0.5, 0.6) is 34.9 Å². The van der Waals surface area contributed by atoms with Crippen LogP contribution in [-0.2, 0) is 96.1 Å². The predicted molar refractivity (Wildman–Crippen MR) is 548 cm³/mol. The number of carbonyl (C=O) groups excluding carboxylic acids is 11. The molecule has 802 valence electrons. The molecule has 150 heavy (non-hydrogen) atoms. The number of methoxy groups -OCH3 is 3. The number of rotatable bonds is 34. The number of likely N-dealkylation sites (N-methyl/N-ethyl adjacent to an activating group) is 3. The van der Waals surface area contributed by atoms with Crippen molar-refractivity contribution in [3.63, 3.8) is 0 Å². The van der Waals surface area contributed by atoms with Crippen LogP contribution >= 0.6 is 0 Å². The summed E-state index contributed by atoms with van der Waals surface area (Å²) in [5, 5.41) is 16.1. The molecule has 0 spiro atoms. The van der Waals surface area contributed by atoms with Gasteiger partial charge in [0.2, 0.25) is 29.9 Å². The summed E-state index contributed by atoms with van der Waals surface area (Å²) < 4.78 is 80.3. The lowest BCUT2D eigenvalue weighted by molar-refractivity contribution is -0.156. The van der Waals surface area contributed by atoms with Gasteiger partial charge in [-0.2, -0.15) is 28.1 Å². The van der Waals surface area contributed by atoms with E-state index in [0.717, 1.165) is 11.7 Å². The van der Waals surface area contributed by atoms with Crippen LogP contribution in [0.15, 0.2) is 221 Å². The molecule has 6 amide bonds. The maximum atomic E-state index is 13.7. The summed E-state index contributed by atoms with van der Waals surface area (Å²) in [5.41, 5.74) is 6.04. The number of aromatic nitrogens is 13. The number of alkyl carbamates (subject to hydrolysis) is 3. The first-order valence-electron chi connectivity index (χ1n) is 45.0. The highest BCUT2D eigenvalue weighted by molar-refractivity contribution is 5.95. The number of alkyl halides is 3. The summed E-state index contributed by atoms with van der Waals surface area (Å²) in [6.07, 6.45) is 9.58. The fraction of sp³-hybridized carbons (Fsp3) is 0.353. The molecule has 3 aromatic carbocycles. The van der Waals surface area contributed by atoms with E-state index in [1.807, 2.05) is 54.6 Å². The molecule has 1 aliphatic heterocycles. The van der Waals surface area contributed by atoms with Gasteiger partial charge in [-0.05, 0) is 159 Å². The maximum Gasteiger partial charge on any atom is 0.446 e. The zero-order valence-electron chi connectivity index (χ0n) is 83.0. The number of Topliss-reactive ketones (excluding diaryl/α,β-unsaturated/α-hetero) is 2. The lowest BCUT2D eigenvalue weighted by Gasteiger charge is -2.20. The summed E-state index contributed by atoms with van der Waals surface area (Å²) in [6, 6.07) is 33.8. The van der Waals surface area contributed by atoms with Gasteiger partial charge in [0, 0.05) is 97.0 Å². The zero-order valence-corrected chi connectivity index (χ0v) is 83.0. The third kappa shape index (κ3) is 38.3. The number of aliphatic imine (C=N–C) groups is 1. The van der Waals surface area contributed by atoms with E-state index in [-0.39, 0.29) is 166 Å². The number of carboxylic acids is 1. The molecule has 0 unspecified atom stereocenters. The number of carbonyl (C=O) groups is 12. The average molecular weight is 2090 g/mol. The van der Waals surface area contributed by atoms with Crippen molar-refractivity contribution in [1.82, 2.24) is 93.4 Å². The number of para-hydroxylation sites is 3. The van der Waals surface area contributed by atoms with Gasteiger partial charge in [0.25, 0.3) is 28.4 Å². The predicted octanol–water partition coefficient (Wildman–Crippen LogP) is 13.0. The first-order chi connectivity index (χ1) is 69.7. The number of aliphatic carboxylic acids is 1. The fourth-order valence-corrected chi connectivity index (χ4v) is 13.0. The summed E-state index contributed by atoms with van der Waals surface area (Å²) in [5.74, 6) is 0.0564. The zero-order chi connectivity index (χ0) is 108. The van der Waals surface area contributed by atoms with Gasteiger partial charge in [0.05, 0.1) is 64.4 Å². The molecule has 11 aromatic rings. The van der Waals surface area contributed by atoms with E-state index in [4.69, 9.17) is 39.3 Å². The number of halogens is 3. The minimum absolute atomic E-state index is 0. The van der Waals surface area contributed by atoms with Crippen molar-refractivity contribution in [1.29, 1.82) is 0 Å². The first-order valence-corrected chi connectivity index (χ1v) is 45.0. The molecule has 9 heterocycles. The van der Waals surface area contributed by atoms with E-state index in [9.17, 15) is 80.3 Å². The Morgan fingerprint density at radius 2 is 0.793 bits per heavy atom. The molecule has 3 atom stereocenters. The van der Waals surface area contributed by atoms with Gasteiger partial charge in [-0.25, -0.2) is 67.8 Å². The quantitative estimate of drug-likeness (QED) is 0.0142. The van der Waals surface area contributed by atoms with Crippen LogP contribution in [0.1, 0.15) is 131 Å². The average Bonchev–Trinajstić information content (AvgIpc) is 1.62. The van der Waals surface area contributed by atoms with E-state index >= 15 is 0 Å². The summed E-state index contributed by atoms with van der Waals surface area (Å²) in [6.45, 7) is 10.4. The van der Waals surface area contributed by atoms with Crippen LogP contribution in [-0.4, -0.2) is 259 Å². The van der Waals surface area contributed by atoms with Crippen molar-refractivity contribution in [3.8, 4) is 34.9 Å². The summed E-state index contributed by atoms with van der Waals surface area (Å²) in [7, 11) is 13.3. The number of aldehydes is 1. The lowest BCUT2D eigenvalue weighted by Crippen LogP contribution is -2.42. The Kier molecular flexibility index (Phi) is 47.7. The standard InChI is InChI=1S/C34H39N7O8.C30H32N6O6.C22H22N6O4.C11H18N2O5.C2HF3O.3CH4/c1-34(2,3)49-33(46)41-26(38-28-29(41)35-21-36-30(28)48-23-14-8-7-9-15-23)20-40-18-12-13-22(31(40)44)19-25(42)24(37-32(45)47-6)16-10-11-17-27(43)39(4)5;1-35(2)26(38)14-8-7-13-23(34-30(40)41-3)25(37)16-20-10-9-15-36(29(20)39)18-21-17-24-27(33-21)28(32-19-31-24)42-22-11-5-4-6-12-22;1-22(2,3)32-21(30)28-16(12-27-11-7-10-15(23)20(27)29)26-17-18(28)24-13-25-19(17)31-14-8-5-4-6-9-14;1-13(2)9(14)7-5-4-6-8(10(15)16)12-11(17)18-3;3-2(4,5)1-6;;;/h7-9,11-15,17-18,21,24H,10,16,19-20H2,1-6H3,(H,37,45);4-6,8-12,14-15,19,23H,7,13,16-18H2,1-3H3,(H,34,40);4-11,13H,12,23H2,1-3H3;5,7-8H,4,6H2,1-3H3,(H,12,17)(H,15,16);1H;3*1H4/b17-11+;14-8+;;7-5+;;;;/t24-;23-;;8-;;;;/m00.0..../s1. The first kappa shape index (κ1) is 123. The van der Waals surface area contributed by atoms with E-state index in [1.165, 1.54) is 103 Å². The number of carboxylic acid groups (broad SMARTS) is 1. The number of imidazole rings is 2. The van der Waals surface area contributed by atoms with Crippen molar-refractivity contribution >= 4 is 111 Å². The maximum absolute atomic E-state index is 13.7. The molecule has 0 saturated heterocycles. The molecule has 12 rings (SSSR count). The van der Waals surface area contributed by atoms with E-state index in [1.54, 1.807) is 175 Å². The Morgan fingerprint density at radius 1 is 0.460 bits per heavy atom. The monoisotopic (exact) mass is 2080 g/mol. The van der Waals surface area contributed by atoms with Crippen LogP contribution in [0.3, 0.4) is 0 Å². The van der Waals surface area contributed by atoms with Gasteiger partial charge in [-0.1, -0.05) is 107 Å². The number of allylic oxidation sites excluding steroid dienone is 3. The number of benzene rings is 3. The lowest BCUT2D eigenvalue weighted by atomic mass is 10.0. The highest BCUT2D eigenvalue weighted by Crippen LogP contribution is 2.37. The molecular formula is C102H124F3N21O24. The minimum atomic E-state index is -4.64. The number of ketones is 2. The number of hydrogen-bond donors (Lipinski definition) is 5. The van der Waals surface area contributed by atoms with Crippen molar-refractivity contribution in [3.05, 3.63) is 261 Å². The minimum Gasteiger partial charge on any atom is -0.480 e. The fourth-order valence-electron chi connectivity index (χ4n) is 13.0. The normalized spacial score (nSPS) is 11.8. The number of hydrogen-bond acceptors (Lipinski definition) is 33. The number of fused-ring (bicyclic) bond motifs is 3. The van der Waals surface area contributed by atoms with Gasteiger partial charge in [-0.15, -0.1) is 0 Å². The second-order valence-electron chi connectivity index (χ2n) is 34.3. The number of nitrogens with zero attached hydrogens (tertiary/aromatic N) is 17. The van der Waals surface area contributed by atoms with E-state index in [2.05, 4.69) is 75.0 Å². The summed E-state index contributed by atoms with van der Waals surface area (Å²) in [4.78, 5) is 225. The second kappa shape index (κ2) is 58.4. The number of ether oxygens (including phenoxy) is 8. The number of pyridine rings is 3. The summed E-state index contributed by atoms with van der Waals surface area (Å²) >= 11 is 0. The van der Waals surface area contributed by atoms with Crippen molar-refractivity contribution in [2.75, 3.05) is 69.3 Å². The molecule has 0 fully saturated rings. The Morgan fingerprint density at radius 3 is 1.15 bits per heavy atom. The molecule has 6 N–H and O–H groups in total. The third-order valence-corrected chi connectivity index (χ3v) is 20.1. The molecule has 0 radical (unpaired) electrons. The number of nitrogens with two attached hydrogens (primary N) is 1. The van der Waals surface area contributed by atoms with Gasteiger partial charge in [0.15, 0.2) is 33.9 Å². The smallest absolute Gasteiger partial charge is 0.446 e. The van der Waals surface area contributed by atoms with Crippen LogP contribution in [0.4, 0.5) is 48.5 Å². The Balaban J connectivity index is 0.000000357. The number of amides is 6. The molecule has 1 aliphatic rings. The molecule has 0 saturated carbocycles. The number of nitrogens with one attached hydrogen (secondary N) is 3. The van der Waals surface area contributed by atoms with Crippen molar-refractivity contribution in [2.45, 2.75) is 177 Å². The highest BCUT2D eigenvalue weighted by Gasteiger charge is 2.33. The van der Waals surface area contributed by atoms with E-state index < -0.39 is 95.1 Å². The van der Waals surface area contributed by atoms with Crippen LogP contribution in [0, 0.1) is 0 Å². The van der Waals surface area contributed by atoms with Crippen LogP contribution in [0.2, 0.25) is 0 Å². The van der Waals surface area contributed by atoms with Gasteiger partial charge < -0.3 is 93.1 Å². The van der Waals surface area contributed by atoms with E-state index in [0.29, 0.717) is 65.9 Å². The number of anilines is 1. The molecule has 0 aliphatic carbocycles. The molecule has 8 aromatic heterocycles. The molecule has 0 bridgehead atoms. The molecular weight excluding hydrogens is 1960 g/mol. The largest absolute Gasteiger partial charge is 0.480 e.